The van der Waals surface area contributed by atoms with Gasteiger partial charge in [0.2, 0.25) is 11.8 Å². The van der Waals surface area contributed by atoms with E-state index >= 15 is 0 Å². The van der Waals surface area contributed by atoms with Crippen molar-refractivity contribution in [3.63, 3.8) is 0 Å². The lowest BCUT2D eigenvalue weighted by molar-refractivity contribution is -0.139. The Hall–Kier alpha value is -2.36. The van der Waals surface area contributed by atoms with Crippen molar-refractivity contribution in [1.82, 2.24) is 14.4 Å². The van der Waals surface area contributed by atoms with Crippen LogP contribution in [0.4, 0.5) is 13.2 Å². The minimum atomic E-state index is -4.58. The predicted octanol–water partition coefficient (Wildman–Crippen LogP) is -0.503. The van der Waals surface area contributed by atoms with Crippen LogP contribution in [0, 0.1) is 0 Å². The number of carbonyl (C=O) groups is 2. The van der Waals surface area contributed by atoms with Crippen LogP contribution < -0.4 is 11.3 Å². The summed E-state index contributed by atoms with van der Waals surface area (Å²) in [6.07, 6.45) is -3.94. The number of aromatic nitrogens is 1. The first kappa shape index (κ1) is 18.0. The van der Waals surface area contributed by atoms with E-state index in [9.17, 15) is 27.6 Å². The largest absolute Gasteiger partial charge is 0.417 e. The first-order valence-electron chi connectivity index (χ1n) is 7.23. The zero-order valence-corrected chi connectivity index (χ0v) is 12.8. The van der Waals surface area contributed by atoms with E-state index in [1.165, 1.54) is 4.90 Å². The van der Waals surface area contributed by atoms with Gasteiger partial charge in [-0.1, -0.05) is 0 Å². The lowest BCUT2D eigenvalue weighted by Crippen LogP contribution is -2.51. The van der Waals surface area contributed by atoms with E-state index in [1.807, 2.05) is 0 Å². The SMILES string of the molecule is NC(=O)CN1CCN(C(=O)Cn2cc(C(F)(F)F)ccc2=O)CC1. The maximum atomic E-state index is 12.7. The standard InChI is InChI=1S/C14H17F3N4O3/c15-14(16,17)10-1-2-12(23)21(7-10)9-13(24)20-5-3-19(4-6-20)8-11(18)22/h1-2,7H,3-6,8-9H2,(H2,18,22). The molecule has 1 fully saturated rings. The Balaban J connectivity index is 2.01. The third kappa shape index (κ3) is 4.57. The topological polar surface area (TPSA) is 88.6 Å². The number of halogens is 3. The molecule has 1 saturated heterocycles. The second-order valence-electron chi connectivity index (χ2n) is 5.50. The summed E-state index contributed by atoms with van der Waals surface area (Å²) < 4.78 is 38.8. The summed E-state index contributed by atoms with van der Waals surface area (Å²) in [6.45, 7) is 1.14. The summed E-state index contributed by atoms with van der Waals surface area (Å²) in [5.41, 5.74) is 3.43. The van der Waals surface area contributed by atoms with Crippen LogP contribution in [0.3, 0.4) is 0 Å². The molecule has 0 aromatic carbocycles. The molecular weight excluding hydrogens is 329 g/mol. The summed E-state index contributed by atoms with van der Waals surface area (Å²) in [4.78, 5) is 37.9. The number of pyridine rings is 1. The lowest BCUT2D eigenvalue weighted by atomic mass is 10.2. The highest BCUT2D eigenvalue weighted by atomic mass is 19.4. The summed E-state index contributed by atoms with van der Waals surface area (Å²) in [6, 6.07) is 1.48. The number of hydrogen-bond donors (Lipinski definition) is 1. The summed E-state index contributed by atoms with van der Waals surface area (Å²) >= 11 is 0. The molecular formula is C14H17F3N4O3. The maximum Gasteiger partial charge on any atom is 0.417 e. The maximum absolute atomic E-state index is 12.7. The van der Waals surface area contributed by atoms with Gasteiger partial charge < -0.3 is 15.2 Å². The molecule has 2 heterocycles. The van der Waals surface area contributed by atoms with Crippen LogP contribution >= 0.6 is 0 Å². The van der Waals surface area contributed by atoms with Crippen molar-refractivity contribution >= 4 is 11.8 Å². The van der Waals surface area contributed by atoms with Crippen molar-refractivity contribution in [3.05, 3.63) is 34.2 Å². The second kappa shape index (κ2) is 7.04. The van der Waals surface area contributed by atoms with Gasteiger partial charge in [-0.2, -0.15) is 13.2 Å². The third-order valence-corrected chi connectivity index (χ3v) is 3.72. The van der Waals surface area contributed by atoms with Crippen molar-refractivity contribution in [3.8, 4) is 0 Å². The van der Waals surface area contributed by atoms with Crippen molar-refractivity contribution in [2.75, 3.05) is 32.7 Å². The van der Waals surface area contributed by atoms with Gasteiger partial charge in [0.1, 0.15) is 6.54 Å². The van der Waals surface area contributed by atoms with Crippen LogP contribution in [0.25, 0.3) is 0 Å². The van der Waals surface area contributed by atoms with E-state index < -0.39 is 35.7 Å². The zero-order valence-electron chi connectivity index (χ0n) is 12.8. The van der Waals surface area contributed by atoms with Crippen molar-refractivity contribution in [2.24, 2.45) is 5.73 Å². The molecule has 0 atom stereocenters. The van der Waals surface area contributed by atoms with Crippen LogP contribution in [0.2, 0.25) is 0 Å². The molecule has 2 N–H and O–H groups in total. The number of piperazine rings is 1. The van der Waals surface area contributed by atoms with Crippen LogP contribution in [0.15, 0.2) is 23.1 Å². The summed E-state index contributed by atoms with van der Waals surface area (Å²) in [7, 11) is 0. The third-order valence-electron chi connectivity index (χ3n) is 3.72. The van der Waals surface area contributed by atoms with Crippen molar-refractivity contribution in [1.29, 1.82) is 0 Å². The highest BCUT2D eigenvalue weighted by molar-refractivity contribution is 5.77. The van der Waals surface area contributed by atoms with Crippen LogP contribution in [-0.4, -0.2) is 58.9 Å². The summed E-state index contributed by atoms with van der Waals surface area (Å²) in [5, 5.41) is 0. The van der Waals surface area contributed by atoms with E-state index in [-0.39, 0.29) is 6.54 Å². The van der Waals surface area contributed by atoms with Gasteiger partial charge >= 0.3 is 6.18 Å². The van der Waals surface area contributed by atoms with E-state index in [0.717, 1.165) is 10.6 Å². The van der Waals surface area contributed by atoms with Gasteiger partial charge in [-0.15, -0.1) is 0 Å². The smallest absolute Gasteiger partial charge is 0.369 e. The van der Waals surface area contributed by atoms with E-state index in [1.54, 1.807) is 4.90 Å². The number of amides is 2. The van der Waals surface area contributed by atoms with Gasteiger partial charge in [0.05, 0.1) is 12.1 Å². The monoisotopic (exact) mass is 346 g/mol. The van der Waals surface area contributed by atoms with E-state index in [2.05, 4.69) is 0 Å². The molecule has 132 valence electrons. The Morgan fingerprint density at radius 2 is 1.71 bits per heavy atom. The van der Waals surface area contributed by atoms with E-state index in [4.69, 9.17) is 5.73 Å². The Labute approximate surface area is 135 Å². The number of nitrogens with two attached hydrogens (primary N) is 1. The normalized spacial score (nSPS) is 16.2. The zero-order chi connectivity index (χ0) is 17.9. The van der Waals surface area contributed by atoms with Crippen molar-refractivity contribution < 1.29 is 22.8 Å². The highest BCUT2D eigenvalue weighted by Gasteiger charge is 2.31. The molecule has 0 radical (unpaired) electrons. The van der Waals surface area contributed by atoms with Gasteiger partial charge in [0.15, 0.2) is 0 Å². The summed E-state index contributed by atoms with van der Waals surface area (Å²) in [5.74, 6) is -0.916. The van der Waals surface area contributed by atoms with Crippen LogP contribution in [-0.2, 0) is 22.3 Å². The number of rotatable bonds is 4. The molecule has 24 heavy (non-hydrogen) atoms. The number of alkyl halides is 3. The molecule has 0 unspecified atom stereocenters. The Morgan fingerprint density at radius 3 is 2.25 bits per heavy atom. The van der Waals surface area contributed by atoms with E-state index in [0.29, 0.717) is 38.4 Å². The highest BCUT2D eigenvalue weighted by Crippen LogP contribution is 2.28. The fourth-order valence-corrected chi connectivity index (χ4v) is 2.44. The number of hydrogen-bond acceptors (Lipinski definition) is 4. The molecule has 7 nitrogen and oxygen atoms in total. The minimum Gasteiger partial charge on any atom is -0.369 e. The molecule has 1 aromatic heterocycles. The molecule has 0 aliphatic carbocycles. The molecule has 0 bridgehead atoms. The molecule has 2 rings (SSSR count). The first-order valence-corrected chi connectivity index (χ1v) is 7.23. The lowest BCUT2D eigenvalue weighted by Gasteiger charge is -2.34. The molecule has 0 saturated carbocycles. The van der Waals surface area contributed by atoms with Crippen molar-refractivity contribution in [2.45, 2.75) is 12.7 Å². The van der Waals surface area contributed by atoms with Gasteiger partial charge in [0.25, 0.3) is 5.56 Å². The number of primary amides is 1. The second-order valence-corrected chi connectivity index (χ2v) is 5.50. The fourth-order valence-electron chi connectivity index (χ4n) is 2.44. The number of carbonyl (C=O) groups excluding carboxylic acids is 2. The van der Waals surface area contributed by atoms with Gasteiger partial charge in [0, 0.05) is 38.4 Å². The van der Waals surface area contributed by atoms with Gasteiger partial charge in [-0.25, -0.2) is 0 Å². The minimum absolute atomic E-state index is 0.0924. The molecule has 1 aliphatic rings. The molecule has 1 aliphatic heterocycles. The van der Waals surface area contributed by atoms with Crippen LogP contribution in [0.5, 0.6) is 0 Å². The molecule has 1 aromatic rings. The Bertz CT molecular complexity index is 679. The fraction of sp³-hybridized carbons (Fsp3) is 0.500. The Kier molecular flexibility index (Phi) is 5.27. The average molecular weight is 346 g/mol. The molecule has 2 amide bonds. The van der Waals surface area contributed by atoms with Gasteiger partial charge in [-0.3, -0.25) is 19.3 Å². The first-order chi connectivity index (χ1) is 11.2. The molecule has 10 heteroatoms. The van der Waals surface area contributed by atoms with Crippen LogP contribution in [0.1, 0.15) is 5.56 Å². The quantitative estimate of drug-likeness (QED) is 0.796. The molecule has 0 spiro atoms. The average Bonchev–Trinajstić information content (AvgIpc) is 2.48. The predicted molar refractivity (Wildman–Crippen MR) is 77.9 cm³/mol. The Morgan fingerprint density at radius 1 is 1.08 bits per heavy atom. The number of nitrogens with zero attached hydrogens (tertiary/aromatic N) is 3. The van der Waals surface area contributed by atoms with Gasteiger partial charge in [-0.05, 0) is 6.07 Å².